The van der Waals surface area contributed by atoms with Gasteiger partial charge in [0, 0.05) is 72.4 Å². The molecule has 11 aromatic rings. The standard InChI is InChI=1S/C55H40N4/c1-37-36-42(59-54-24-12-6-18-47(54)48-19-7-13-25-55(48)59)34-35-49(37)56(38-26-30-40(31-27-38)57-50-20-8-2-14-43(50)44-15-3-9-21-51(44)57)39-28-32-41(33-29-39)58-52-22-10-4-16-45(52)46-17-5-11-23-53(46)58/h2-35,37H,36H2,1H3. The van der Waals surface area contributed by atoms with Crippen LogP contribution in [0.1, 0.15) is 13.3 Å². The van der Waals surface area contributed by atoms with E-state index in [1.807, 2.05) is 0 Å². The molecule has 0 amide bonds. The highest BCUT2D eigenvalue weighted by atomic mass is 15.2. The molecule has 4 nitrogen and oxygen atoms in total. The molecule has 0 saturated carbocycles. The molecule has 0 radical (unpaired) electrons. The Kier molecular flexibility index (Phi) is 7.54. The lowest BCUT2D eigenvalue weighted by Crippen LogP contribution is -2.24. The number of hydrogen-bond donors (Lipinski definition) is 0. The van der Waals surface area contributed by atoms with Crippen LogP contribution in [0.25, 0.3) is 82.5 Å². The Bertz CT molecular complexity index is 3160. The fourth-order valence-electron chi connectivity index (χ4n) is 9.88. The van der Waals surface area contributed by atoms with Gasteiger partial charge >= 0.3 is 0 Å². The molecular formula is C55H40N4. The highest BCUT2D eigenvalue weighted by Gasteiger charge is 2.26. The third-order valence-electron chi connectivity index (χ3n) is 12.5. The first-order valence-corrected chi connectivity index (χ1v) is 20.6. The molecule has 0 saturated heterocycles. The lowest BCUT2D eigenvalue weighted by atomic mass is 9.94. The first-order valence-electron chi connectivity index (χ1n) is 20.6. The van der Waals surface area contributed by atoms with Crippen molar-refractivity contribution in [1.82, 2.24) is 13.7 Å². The third kappa shape index (κ3) is 5.16. The maximum absolute atomic E-state index is 2.47. The third-order valence-corrected chi connectivity index (χ3v) is 12.5. The summed E-state index contributed by atoms with van der Waals surface area (Å²) in [6.45, 7) is 2.37. The summed E-state index contributed by atoms with van der Waals surface area (Å²) in [5.74, 6) is 0.240. The number of rotatable bonds is 6. The van der Waals surface area contributed by atoms with Crippen molar-refractivity contribution in [1.29, 1.82) is 0 Å². The van der Waals surface area contributed by atoms with E-state index in [9.17, 15) is 0 Å². The molecule has 8 aromatic carbocycles. The predicted octanol–water partition coefficient (Wildman–Crippen LogP) is 14.6. The van der Waals surface area contributed by atoms with Crippen LogP contribution in [-0.4, -0.2) is 13.7 Å². The van der Waals surface area contributed by atoms with Gasteiger partial charge in [-0.2, -0.15) is 0 Å². The highest BCUT2D eigenvalue weighted by Crippen LogP contribution is 2.42. The number of para-hydroxylation sites is 6. The minimum atomic E-state index is 0.240. The van der Waals surface area contributed by atoms with Gasteiger partial charge in [0.2, 0.25) is 0 Å². The molecule has 0 spiro atoms. The van der Waals surface area contributed by atoms with Crippen molar-refractivity contribution in [3.8, 4) is 11.4 Å². The van der Waals surface area contributed by atoms with Crippen LogP contribution in [0.4, 0.5) is 11.4 Å². The Hall–Kier alpha value is -7.56. The van der Waals surface area contributed by atoms with Crippen molar-refractivity contribution in [3.05, 3.63) is 212 Å². The van der Waals surface area contributed by atoms with Gasteiger partial charge < -0.3 is 18.6 Å². The fourth-order valence-corrected chi connectivity index (χ4v) is 9.88. The Morgan fingerprint density at radius 2 is 0.661 bits per heavy atom. The van der Waals surface area contributed by atoms with Crippen LogP contribution in [0, 0.1) is 5.92 Å². The quantitative estimate of drug-likeness (QED) is 0.165. The number of hydrogen-bond acceptors (Lipinski definition) is 1. The molecule has 59 heavy (non-hydrogen) atoms. The van der Waals surface area contributed by atoms with Gasteiger partial charge in [-0.3, -0.25) is 0 Å². The molecule has 4 heteroatoms. The second-order valence-corrected chi connectivity index (χ2v) is 15.8. The van der Waals surface area contributed by atoms with Gasteiger partial charge in [-0.05, 0) is 104 Å². The van der Waals surface area contributed by atoms with Crippen LogP contribution < -0.4 is 4.90 Å². The number of aromatic nitrogens is 3. The van der Waals surface area contributed by atoms with E-state index in [0.29, 0.717) is 0 Å². The van der Waals surface area contributed by atoms with Crippen LogP contribution in [0.3, 0.4) is 0 Å². The molecule has 3 aromatic heterocycles. The van der Waals surface area contributed by atoms with Gasteiger partial charge in [-0.25, -0.2) is 0 Å². The van der Waals surface area contributed by atoms with Gasteiger partial charge in [0.15, 0.2) is 0 Å². The highest BCUT2D eigenvalue weighted by molar-refractivity contribution is 6.11. The van der Waals surface area contributed by atoms with E-state index in [0.717, 1.165) is 29.2 Å². The van der Waals surface area contributed by atoms with Crippen LogP contribution in [0.2, 0.25) is 0 Å². The smallest absolute Gasteiger partial charge is 0.0541 e. The lowest BCUT2D eigenvalue weighted by Gasteiger charge is -2.34. The molecular weight excluding hydrogens is 717 g/mol. The molecule has 0 aliphatic heterocycles. The zero-order chi connectivity index (χ0) is 39.0. The zero-order valence-electron chi connectivity index (χ0n) is 32.7. The van der Waals surface area contributed by atoms with Crippen molar-refractivity contribution in [2.75, 3.05) is 4.90 Å². The molecule has 1 unspecified atom stereocenters. The summed E-state index contributed by atoms with van der Waals surface area (Å²) in [7, 11) is 0. The summed E-state index contributed by atoms with van der Waals surface area (Å²) < 4.78 is 7.25. The normalized spacial score (nSPS) is 14.5. The Balaban J connectivity index is 1.01. The monoisotopic (exact) mass is 756 g/mol. The summed E-state index contributed by atoms with van der Waals surface area (Å²) in [6.07, 6.45) is 5.61. The van der Waals surface area contributed by atoms with Gasteiger partial charge in [0.05, 0.1) is 33.1 Å². The number of anilines is 2. The van der Waals surface area contributed by atoms with E-state index in [2.05, 4.69) is 232 Å². The van der Waals surface area contributed by atoms with E-state index in [1.165, 1.54) is 76.8 Å². The number of allylic oxidation sites excluding steroid dienone is 4. The van der Waals surface area contributed by atoms with E-state index >= 15 is 0 Å². The second-order valence-electron chi connectivity index (χ2n) is 15.8. The predicted molar refractivity (Wildman–Crippen MR) is 249 cm³/mol. The second kappa shape index (κ2) is 13.3. The molecule has 280 valence electrons. The average Bonchev–Trinajstić information content (AvgIpc) is 3.94. The average molecular weight is 757 g/mol. The van der Waals surface area contributed by atoms with Crippen LogP contribution in [0.15, 0.2) is 212 Å². The summed E-state index contributed by atoms with van der Waals surface area (Å²) in [4.78, 5) is 2.47. The maximum Gasteiger partial charge on any atom is 0.0541 e. The van der Waals surface area contributed by atoms with Crippen LogP contribution in [0.5, 0.6) is 0 Å². The Morgan fingerprint density at radius 3 is 0.983 bits per heavy atom. The van der Waals surface area contributed by atoms with Gasteiger partial charge in [-0.1, -0.05) is 116 Å². The zero-order valence-corrected chi connectivity index (χ0v) is 32.7. The number of fused-ring (bicyclic) bond motifs is 9. The van der Waals surface area contributed by atoms with Crippen molar-refractivity contribution in [2.24, 2.45) is 5.92 Å². The van der Waals surface area contributed by atoms with Gasteiger partial charge in [-0.15, -0.1) is 0 Å². The number of nitrogens with zero attached hydrogens (tertiary/aromatic N) is 4. The molecule has 1 atom stereocenters. The van der Waals surface area contributed by atoms with Crippen LogP contribution >= 0.6 is 0 Å². The Labute approximate surface area is 342 Å². The fraction of sp³-hybridized carbons (Fsp3) is 0.0545. The Morgan fingerprint density at radius 1 is 0.356 bits per heavy atom. The lowest BCUT2D eigenvalue weighted by molar-refractivity contribution is 0.667. The van der Waals surface area contributed by atoms with E-state index in [1.54, 1.807) is 0 Å². The summed E-state index contributed by atoms with van der Waals surface area (Å²) in [6, 6.07) is 70.8. The largest absolute Gasteiger partial charge is 0.314 e. The summed E-state index contributed by atoms with van der Waals surface area (Å²) in [5, 5.41) is 7.65. The molecule has 0 N–H and O–H groups in total. The molecule has 1 aliphatic rings. The van der Waals surface area contributed by atoms with E-state index in [4.69, 9.17) is 0 Å². The molecule has 3 heterocycles. The van der Waals surface area contributed by atoms with Crippen LogP contribution in [-0.2, 0) is 0 Å². The maximum atomic E-state index is 2.47. The van der Waals surface area contributed by atoms with Crippen molar-refractivity contribution < 1.29 is 0 Å². The summed E-state index contributed by atoms with van der Waals surface area (Å²) in [5.41, 5.74) is 14.5. The summed E-state index contributed by atoms with van der Waals surface area (Å²) >= 11 is 0. The van der Waals surface area contributed by atoms with E-state index in [-0.39, 0.29) is 5.92 Å². The van der Waals surface area contributed by atoms with Gasteiger partial charge in [0.25, 0.3) is 0 Å². The first-order chi connectivity index (χ1) is 29.2. The topological polar surface area (TPSA) is 18.0 Å². The van der Waals surface area contributed by atoms with Crippen molar-refractivity contribution in [2.45, 2.75) is 13.3 Å². The minimum Gasteiger partial charge on any atom is -0.314 e. The molecule has 0 bridgehead atoms. The van der Waals surface area contributed by atoms with Gasteiger partial charge in [0.1, 0.15) is 0 Å². The van der Waals surface area contributed by atoms with E-state index < -0.39 is 0 Å². The molecule has 1 aliphatic carbocycles. The molecule has 0 fully saturated rings. The SMILES string of the molecule is CC1CC(n2c3ccccc3c3ccccc32)=CC=C1N(c1ccc(-n2c3ccccc3c3ccccc32)cc1)c1ccc(-n2c3ccccc3c3ccccc32)cc1. The number of benzene rings is 8. The molecule has 12 rings (SSSR count). The minimum absolute atomic E-state index is 0.240. The van der Waals surface area contributed by atoms with Crippen molar-refractivity contribution in [3.63, 3.8) is 0 Å². The van der Waals surface area contributed by atoms with Crippen molar-refractivity contribution >= 4 is 82.5 Å². The first kappa shape index (κ1) is 33.6.